The fourth-order valence-corrected chi connectivity index (χ4v) is 8.43. The van der Waals surface area contributed by atoms with E-state index in [1.165, 1.54) is 12.1 Å². The first-order valence-corrected chi connectivity index (χ1v) is 21.4. The summed E-state index contributed by atoms with van der Waals surface area (Å²) < 4.78 is 5.92. The van der Waals surface area contributed by atoms with Crippen molar-refractivity contribution in [2.75, 3.05) is 57.3 Å². The van der Waals surface area contributed by atoms with Crippen LogP contribution in [0.15, 0.2) is 73.1 Å². The van der Waals surface area contributed by atoms with Crippen LogP contribution in [-0.2, 0) is 19.2 Å². The molecule has 1 aromatic heterocycles. The topological polar surface area (TPSA) is 179 Å². The van der Waals surface area contributed by atoms with Crippen molar-refractivity contribution in [3.8, 4) is 5.75 Å². The molecule has 0 saturated carbocycles. The number of hydrogen-bond donors (Lipinski definition) is 2. The Balaban J connectivity index is 0.761. The van der Waals surface area contributed by atoms with Gasteiger partial charge in [-0.3, -0.25) is 48.8 Å². The highest BCUT2D eigenvalue weighted by atomic mass is 16.5. The van der Waals surface area contributed by atoms with Gasteiger partial charge in [-0.1, -0.05) is 25.0 Å². The summed E-state index contributed by atoms with van der Waals surface area (Å²) in [6.07, 6.45) is 13.3. The van der Waals surface area contributed by atoms with Crippen molar-refractivity contribution in [1.29, 1.82) is 0 Å². The largest absolute Gasteiger partial charge is 0.493 e. The molecule has 7 rings (SSSR count). The molecule has 3 aromatic rings. The second-order valence-corrected chi connectivity index (χ2v) is 16.0. The summed E-state index contributed by atoms with van der Waals surface area (Å²) in [6, 6.07) is 15.2. The number of unbranched alkanes of at least 4 members (excludes halogenated alkanes) is 2. The first-order chi connectivity index (χ1) is 29.7. The van der Waals surface area contributed by atoms with Gasteiger partial charge in [-0.15, -0.1) is 0 Å². The van der Waals surface area contributed by atoms with E-state index in [2.05, 4.69) is 20.5 Å². The number of amides is 7. The molecule has 1 atom stereocenters. The van der Waals surface area contributed by atoms with E-state index in [-0.39, 0.29) is 54.0 Å². The van der Waals surface area contributed by atoms with Gasteiger partial charge in [-0.05, 0) is 98.5 Å². The maximum absolute atomic E-state index is 13.3. The molecule has 2 aromatic carbocycles. The summed E-state index contributed by atoms with van der Waals surface area (Å²) in [4.78, 5) is 99.9. The monoisotopic (exact) mass is 831 g/mol. The molecule has 0 aliphatic carbocycles. The average Bonchev–Trinajstić information content (AvgIpc) is 3.54. The van der Waals surface area contributed by atoms with Gasteiger partial charge in [-0.25, -0.2) is 0 Å². The van der Waals surface area contributed by atoms with Crippen molar-refractivity contribution < 1.29 is 38.3 Å². The summed E-state index contributed by atoms with van der Waals surface area (Å²) in [6.45, 7) is 4.94. The lowest BCUT2D eigenvalue weighted by Gasteiger charge is -2.36. The molecule has 4 aliphatic rings. The van der Waals surface area contributed by atoms with Gasteiger partial charge in [0, 0.05) is 88.4 Å². The van der Waals surface area contributed by atoms with Crippen molar-refractivity contribution in [2.24, 2.45) is 5.92 Å². The van der Waals surface area contributed by atoms with Crippen molar-refractivity contribution in [3.63, 3.8) is 0 Å². The maximum Gasteiger partial charge on any atom is 0.266 e. The van der Waals surface area contributed by atoms with E-state index < -0.39 is 29.7 Å². The van der Waals surface area contributed by atoms with E-state index in [4.69, 9.17) is 4.74 Å². The molecule has 15 heteroatoms. The molecule has 4 aliphatic heterocycles. The molecule has 0 radical (unpaired) electrons. The van der Waals surface area contributed by atoms with E-state index in [1.54, 1.807) is 30.6 Å². The van der Waals surface area contributed by atoms with Crippen molar-refractivity contribution in [3.05, 3.63) is 95.3 Å². The number of ether oxygens (including phenoxy) is 1. The number of piperidine rings is 2. The number of carbonyl (C=O) groups is 7. The fourth-order valence-electron chi connectivity index (χ4n) is 8.43. The summed E-state index contributed by atoms with van der Waals surface area (Å²) in [5.74, 6) is -1.45. The first kappa shape index (κ1) is 42.7. The normalized spacial score (nSPS) is 18.4. The number of hydrogen-bond acceptors (Lipinski definition) is 10. The number of piperazine rings is 1. The molecule has 7 amide bonds. The Labute approximate surface area is 355 Å². The molecule has 3 fully saturated rings. The van der Waals surface area contributed by atoms with Crippen LogP contribution < -0.4 is 20.3 Å². The van der Waals surface area contributed by atoms with Gasteiger partial charge < -0.3 is 24.8 Å². The molecule has 61 heavy (non-hydrogen) atoms. The lowest BCUT2D eigenvalue weighted by Crippen LogP contribution is -2.54. The van der Waals surface area contributed by atoms with Gasteiger partial charge in [0.15, 0.2) is 0 Å². The number of imide groups is 2. The Kier molecular flexibility index (Phi) is 14.2. The van der Waals surface area contributed by atoms with Crippen LogP contribution in [0.5, 0.6) is 5.75 Å². The summed E-state index contributed by atoms with van der Waals surface area (Å²) >= 11 is 0. The first-order valence-electron chi connectivity index (χ1n) is 21.4. The van der Waals surface area contributed by atoms with Crippen LogP contribution in [0.2, 0.25) is 0 Å². The number of fused-ring (bicyclic) bond motifs is 1. The predicted molar refractivity (Wildman–Crippen MR) is 226 cm³/mol. The maximum atomic E-state index is 13.3. The number of nitrogens with one attached hydrogen (secondary N) is 2. The standard InChI is InChI=1S/C46H53N7O8/c54-39(18-12-33-8-6-22-47-31-33)48-23-3-1-7-32-20-24-52(25-21-32)44(58)34-13-15-35(16-14-34)50-26-28-51(29-27-50)41(56)11-2-4-30-61-38-10-5-9-36-42(38)46(60)53(45(36)59)37-17-19-40(55)49-43(37)57/h5-6,8-10,12-16,18,22,31-32,37H,1-4,7,11,17,19-21,23-30H2,(H,48,54)(H,49,55,57)/b18-12+. The Morgan fingerprint density at radius 1 is 0.820 bits per heavy atom. The molecular formula is C46H53N7O8. The summed E-state index contributed by atoms with van der Waals surface area (Å²) in [5.41, 5.74) is 2.86. The van der Waals surface area contributed by atoms with Crippen molar-refractivity contribution in [1.82, 2.24) is 30.3 Å². The molecule has 5 heterocycles. The third-order valence-corrected chi connectivity index (χ3v) is 11.9. The van der Waals surface area contributed by atoms with E-state index in [1.807, 2.05) is 46.2 Å². The molecule has 0 spiro atoms. The third-order valence-electron chi connectivity index (χ3n) is 11.9. The molecule has 15 nitrogen and oxygen atoms in total. The predicted octanol–water partition coefficient (Wildman–Crippen LogP) is 4.23. The van der Waals surface area contributed by atoms with Crippen molar-refractivity contribution >= 4 is 53.1 Å². The van der Waals surface area contributed by atoms with Crippen LogP contribution >= 0.6 is 0 Å². The number of anilines is 1. The number of aromatic nitrogens is 1. The van der Waals surface area contributed by atoms with Crippen LogP contribution in [0.1, 0.15) is 101 Å². The van der Waals surface area contributed by atoms with Gasteiger partial charge in [0.2, 0.25) is 23.6 Å². The zero-order valence-electron chi connectivity index (χ0n) is 34.4. The fraction of sp³-hybridized carbons (Fsp3) is 0.435. The second kappa shape index (κ2) is 20.3. The van der Waals surface area contributed by atoms with E-state index >= 15 is 0 Å². The molecular weight excluding hydrogens is 779 g/mol. The van der Waals surface area contributed by atoms with Crippen LogP contribution in [0, 0.1) is 5.92 Å². The van der Waals surface area contributed by atoms with E-state index in [0.29, 0.717) is 63.5 Å². The third kappa shape index (κ3) is 10.7. The SMILES string of the molecule is O=C(/C=C/c1cccnc1)NCCCCC1CCN(C(=O)c2ccc(N3CCN(C(=O)CCCCOc4cccc5c4C(=O)N(C4CCC(=O)NC4=O)C5=O)CC3)cc2)CC1. The van der Waals surface area contributed by atoms with Gasteiger partial charge >= 0.3 is 0 Å². The number of pyridine rings is 1. The second-order valence-electron chi connectivity index (χ2n) is 16.0. The van der Waals surface area contributed by atoms with Crippen LogP contribution in [0.4, 0.5) is 5.69 Å². The van der Waals surface area contributed by atoms with Gasteiger partial charge in [0.25, 0.3) is 17.7 Å². The highest BCUT2D eigenvalue weighted by molar-refractivity contribution is 6.24. The number of likely N-dealkylation sites (tertiary alicyclic amines) is 1. The van der Waals surface area contributed by atoms with Crippen LogP contribution in [-0.4, -0.2) is 119 Å². The average molecular weight is 832 g/mol. The highest BCUT2D eigenvalue weighted by Crippen LogP contribution is 2.34. The smallest absolute Gasteiger partial charge is 0.266 e. The molecule has 2 N–H and O–H groups in total. The summed E-state index contributed by atoms with van der Waals surface area (Å²) in [5, 5.41) is 5.14. The number of rotatable bonds is 16. The minimum Gasteiger partial charge on any atom is -0.493 e. The van der Waals surface area contributed by atoms with Gasteiger partial charge in [0.1, 0.15) is 11.8 Å². The number of nitrogens with zero attached hydrogens (tertiary/aromatic N) is 5. The van der Waals surface area contributed by atoms with Crippen LogP contribution in [0.3, 0.4) is 0 Å². The number of carbonyl (C=O) groups excluding carboxylic acids is 7. The Morgan fingerprint density at radius 2 is 1.61 bits per heavy atom. The highest BCUT2D eigenvalue weighted by Gasteiger charge is 2.46. The van der Waals surface area contributed by atoms with Crippen molar-refractivity contribution in [2.45, 2.75) is 70.3 Å². The van der Waals surface area contributed by atoms with E-state index in [9.17, 15) is 33.6 Å². The molecule has 320 valence electrons. The summed E-state index contributed by atoms with van der Waals surface area (Å²) in [7, 11) is 0. The minimum absolute atomic E-state index is 0.0435. The minimum atomic E-state index is -1.05. The Hall–Kier alpha value is -6.38. The zero-order chi connectivity index (χ0) is 42.7. The van der Waals surface area contributed by atoms with Gasteiger partial charge in [-0.2, -0.15) is 0 Å². The van der Waals surface area contributed by atoms with Gasteiger partial charge in [0.05, 0.1) is 17.7 Å². The molecule has 1 unspecified atom stereocenters. The van der Waals surface area contributed by atoms with E-state index in [0.717, 1.165) is 61.3 Å². The molecule has 0 bridgehead atoms. The van der Waals surface area contributed by atoms with Crippen LogP contribution in [0.25, 0.3) is 6.08 Å². The quantitative estimate of drug-likeness (QED) is 0.121. The Bertz CT molecular complexity index is 2130. The lowest BCUT2D eigenvalue weighted by atomic mass is 9.91. The molecule has 3 saturated heterocycles. The zero-order valence-corrected chi connectivity index (χ0v) is 34.4. The lowest BCUT2D eigenvalue weighted by molar-refractivity contribution is -0.136. The number of benzene rings is 2. The Morgan fingerprint density at radius 3 is 2.34 bits per heavy atom.